The van der Waals surface area contributed by atoms with Crippen molar-refractivity contribution in [2.45, 2.75) is 47.1 Å². The van der Waals surface area contributed by atoms with E-state index in [1.165, 1.54) is 6.20 Å². The number of aromatic nitrogens is 3. The van der Waals surface area contributed by atoms with E-state index in [0.29, 0.717) is 28.7 Å². The second-order valence-electron chi connectivity index (χ2n) is 8.35. The predicted octanol–water partition coefficient (Wildman–Crippen LogP) is 3.78. The van der Waals surface area contributed by atoms with Gasteiger partial charge in [-0.2, -0.15) is 4.98 Å². The average molecular weight is 393 g/mol. The quantitative estimate of drug-likeness (QED) is 0.665. The Morgan fingerprint density at radius 3 is 2.45 bits per heavy atom. The highest BCUT2D eigenvalue weighted by molar-refractivity contribution is 6.06. The van der Waals surface area contributed by atoms with Gasteiger partial charge in [-0.15, -0.1) is 0 Å². The minimum absolute atomic E-state index is 0.123. The summed E-state index contributed by atoms with van der Waals surface area (Å²) < 4.78 is 1.90. The zero-order valence-corrected chi connectivity index (χ0v) is 17.3. The van der Waals surface area contributed by atoms with E-state index in [9.17, 15) is 9.59 Å². The summed E-state index contributed by atoms with van der Waals surface area (Å²) in [5.74, 6) is -0.621. The van der Waals surface area contributed by atoms with Crippen LogP contribution in [0.5, 0.6) is 0 Å². The molecule has 2 aromatic heterocycles. The first-order valence-electron chi connectivity index (χ1n) is 9.74. The van der Waals surface area contributed by atoms with Gasteiger partial charge in [-0.05, 0) is 36.0 Å². The SMILES string of the molecule is CCc1ccc(C(=O)Nc2ncc3c(C(N)=O)cn(CCC(C)(C)C)c3n2)cc1. The Kier molecular flexibility index (Phi) is 5.68. The van der Waals surface area contributed by atoms with Crippen molar-refractivity contribution >= 4 is 28.8 Å². The maximum Gasteiger partial charge on any atom is 0.258 e. The summed E-state index contributed by atoms with van der Waals surface area (Å²) >= 11 is 0. The molecule has 3 aromatic rings. The van der Waals surface area contributed by atoms with E-state index in [4.69, 9.17) is 5.73 Å². The molecule has 0 saturated heterocycles. The van der Waals surface area contributed by atoms with Crippen LogP contribution in [0.2, 0.25) is 0 Å². The van der Waals surface area contributed by atoms with Crippen molar-refractivity contribution in [3.63, 3.8) is 0 Å². The Bertz CT molecular complexity index is 1050. The number of hydrogen-bond acceptors (Lipinski definition) is 4. The summed E-state index contributed by atoms with van der Waals surface area (Å²) in [5.41, 5.74) is 8.29. The lowest BCUT2D eigenvalue weighted by Crippen LogP contribution is -2.15. The van der Waals surface area contributed by atoms with Gasteiger partial charge in [-0.1, -0.05) is 39.8 Å². The monoisotopic (exact) mass is 393 g/mol. The lowest BCUT2D eigenvalue weighted by molar-refractivity contribution is 0.0998. The van der Waals surface area contributed by atoms with Crippen molar-refractivity contribution in [2.75, 3.05) is 5.32 Å². The number of primary amides is 1. The molecule has 0 aliphatic rings. The summed E-state index contributed by atoms with van der Waals surface area (Å²) in [4.78, 5) is 33.0. The van der Waals surface area contributed by atoms with E-state index in [1.54, 1.807) is 18.3 Å². The fourth-order valence-corrected chi connectivity index (χ4v) is 3.02. The van der Waals surface area contributed by atoms with Crippen LogP contribution in [-0.4, -0.2) is 26.3 Å². The van der Waals surface area contributed by atoms with Crippen molar-refractivity contribution in [1.29, 1.82) is 0 Å². The van der Waals surface area contributed by atoms with E-state index >= 15 is 0 Å². The molecule has 2 amide bonds. The van der Waals surface area contributed by atoms with E-state index < -0.39 is 5.91 Å². The molecular weight excluding hydrogens is 366 g/mol. The summed E-state index contributed by atoms with van der Waals surface area (Å²) in [5, 5.41) is 3.32. The normalized spacial score (nSPS) is 11.6. The van der Waals surface area contributed by atoms with Gasteiger partial charge in [-0.3, -0.25) is 14.9 Å². The highest BCUT2D eigenvalue weighted by Gasteiger charge is 2.18. The fraction of sp³-hybridized carbons (Fsp3) is 0.364. The van der Waals surface area contributed by atoms with Gasteiger partial charge < -0.3 is 10.3 Å². The van der Waals surface area contributed by atoms with E-state index in [1.807, 2.05) is 16.7 Å². The Labute approximate surface area is 170 Å². The first kappa shape index (κ1) is 20.5. The molecule has 152 valence electrons. The lowest BCUT2D eigenvalue weighted by atomic mass is 9.92. The third-order valence-corrected chi connectivity index (χ3v) is 4.83. The fourth-order valence-electron chi connectivity index (χ4n) is 3.02. The van der Waals surface area contributed by atoms with Crippen LogP contribution >= 0.6 is 0 Å². The molecule has 0 fully saturated rings. The van der Waals surface area contributed by atoms with Crippen LogP contribution in [0.15, 0.2) is 36.7 Å². The molecule has 0 radical (unpaired) electrons. The summed E-state index contributed by atoms with van der Waals surface area (Å²) in [6.45, 7) is 9.19. The van der Waals surface area contributed by atoms with Crippen molar-refractivity contribution in [1.82, 2.24) is 14.5 Å². The predicted molar refractivity (Wildman–Crippen MR) is 114 cm³/mol. The van der Waals surface area contributed by atoms with Gasteiger partial charge in [-0.25, -0.2) is 4.98 Å². The molecular formula is C22H27N5O2. The molecule has 3 N–H and O–H groups in total. The Balaban J connectivity index is 1.90. The second kappa shape index (κ2) is 8.03. The number of carbonyl (C=O) groups is 2. The van der Waals surface area contributed by atoms with E-state index in [2.05, 4.69) is 43.0 Å². The number of hydrogen-bond donors (Lipinski definition) is 2. The van der Waals surface area contributed by atoms with Crippen LogP contribution in [0.4, 0.5) is 5.95 Å². The van der Waals surface area contributed by atoms with Gasteiger partial charge in [0, 0.05) is 24.5 Å². The van der Waals surface area contributed by atoms with Crippen molar-refractivity contribution in [2.24, 2.45) is 11.1 Å². The second-order valence-corrected chi connectivity index (χ2v) is 8.35. The third-order valence-electron chi connectivity index (χ3n) is 4.83. The molecule has 0 saturated carbocycles. The molecule has 0 aliphatic carbocycles. The maximum absolute atomic E-state index is 12.5. The van der Waals surface area contributed by atoms with Gasteiger partial charge in [0.05, 0.1) is 10.9 Å². The van der Waals surface area contributed by atoms with Gasteiger partial charge in [0.1, 0.15) is 5.65 Å². The highest BCUT2D eigenvalue weighted by Crippen LogP contribution is 2.24. The number of nitrogens with two attached hydrogens (primary N) is 1. The molecule has 0 aliphatic heterocycles. The standard InChI is InChI=1S/C22H27N5O2/c1-5-14-6-8-15(9-7-14)20(29)26-21-24-12-16-17(18(23)28)13-27(19(16)25-21)11-10-22(2,3)4/h6-9,12-13H,5,10-11H2,1-4H3,(H2,23,28)(H,24,25,26,29). The topological polar surface area (TPSA) is 103 Å². The summed E-state index contributed by atoms with van der Waals surface area (Å²) in [6.07, 6.45) is 5.05. The van der Waals surface area contributed by atoms with Crippen molar-refractivity contribution in [3.05, 3.63) is 53.3 Å². The van der Waals surface area contributed by atoms with Crippen molar-refractivity contribution < 1.29 is 9.59 Å². The van der Waals surface area contributed by atoms with E-state index in [0.717, 1.165) is 18.4 Å². The molecule has 3 rings (SSSR count). The zero-order chi connectivity index (χ0) is 21.2. The van der Waals surface area contributed by atoms with E-state index in [-0.39, 0.29) is 17.3 Å². The van der Waals surface area contributed by atoms with Crippen LogP contribution in [0, 0.1) is 5.41 Å². The Hall–Kier alpha value is -3.22. The first-order valence-corrected chi connectivity index (χ1v) is 9.74. The molecule has 29 heavy (non-hydrogen) atoms. The lowest BCUT2D eigenvalue weighted by Gasteiger charge is -2.18. The Morgan fingerprint density at radius 1 is 1.17 bits per heavy atom. The molecule has 0 unspecified atom stereocenters. The van der Waals surface area contributed by atoms with Crippen molar-refractivity contribution in [3.8, 4) is 0 Å². The number of amides is 2. The third kappa shape index (κ3) is 4.80. The number of rotatable bonds is 6. The minimum atomic E-state index is -0.527. The number of anilines is 1. The number of carbonyl (C=O) groups excluding carboxylic acids is 2. The number of nitrogens with zero attached hydrogens (tertiary/aromatic N) is 3. The first-order chi connectivity index (χ1) is 13.7. The van der Waals surface area contributed by atoms with Gasteiger partial charge >= 0.3 is 0 Å². The number of fused-ring (bicyclic) bond motifs is 1. The molecule has 0 atom stereocenters. The Morgan fingerprint density at radius 2 is 1.86 bits per heavy atom. The van der Waals surface area contributed by atoms with Crippen LogP contribution in [0.1, 0.15) is 60.4 Å². The largest absolute Gasteiger partial charge is 0.366 e. The molecule has 7 heteroatoms. The average Bonchev–Trinajstić information content (AvgIpc) is 3.04. The van der Waals surface area contributed by atoms with Crippen LogP contribution in [0.3, 0.4) is 0 Å². The molecule has 7 nitrogen and oxygen atoms in total. The number of aryl methyl sites for hydroxylation is 2. The minimum Gasteiger partial charge on any atom is -0.366 e. The van der Waals surface area contributed by atoms with Gasteiger partial charge in [0.25, 0.3) is 11.8 Å². The van der Waals surface area contributed by atoms with Gasteiger partial charge in [0.2, 0.25) is 5.95 Å². The van der Waals surface area contributed by atoms with Crippen LogP contribution in [-0.2, 0) is 13.0 Å². The molecule has 2 heterocycles. The molecule has 1 aromatic carbocycles. The smallest absolute Gasteiger partial charge is 0.258 e. The maximum atomic E-state index is 12.5. The molecule has 0 spiro atoms. The number of benzene rings is 1. The van der Waals surface area contributed by atoms with Crippen LogP contribution in [0.25, 0.3) is 11.0 Å². The summed E-state index contributed by atoms with van der Waals surface area (Å²) in [6, 6.07) is 7.42. The zero-order valence-electron chi connectivity index (χ0n) is 17.3. The van der Waals surface area contributed by atoms with Crippen LogP contribution < -0.4 is 11.1 Å². The molecule has 0 bridgehead atoms. The number of nitrogens with one attached hydrogen (secondary N) is 1. The highest BCUT2D eigenvalue weighted by atomic mass is 16.2. The van der Waals surface area contributed by atoms with Gasteiger partial charge in [0.15, 0.2) is 0 Å². The summed E-state index contributed by atoms with van der Waals surface area (Å²) in [7, 11) is 0.